The Bertz CT molecular complexity index is 1920. The molecule has 2 aromatic carbocycles. The van der Waals surface area contributed by atoms with Crippen LogP contribution in [0.4, 0.5) is 24.7 Å². The van der Waals surface area contributed by atoms with Crippen molar-refractivity contribution in [1.29, 1.82) is 0 Å². The maximum atomic E-state index is 16.9. The zero-order valence-electron chi connectivity index (χ0n) is 26.0. The highest BCUT2D eigenvalue weighted by atomic mass is 19.1. The van der Waals surface area contributed by atoms with Crippen molar-refractivity contribution in [3.05, 3.63) is 47.9 Å². The van der Waals surface area contributed by atoms with Crippen molar-refractivity contribution in [2.75, 3.05) is 36.9 Å². The van der Waals surface area contributed by atoms with Crippen molar-refractivity contribution >= 4 is 33.2 Å². The molecule has 0 saturated carbocycles. The first-order valence-corrected chi connectivity index (χ1v) is 15.6. The molecule has 10 nitrogen and oxygen atoms in total. The van der Waals surface area contributed by atoms with Gasteiger partial charge in [0, 0.05) is 53.3 Å². The lowest BCUT2D eigenvalue weighted by atomic mass is 9.90. The van der Waals surface area contributed by atoms with Crippen LogP contribution in [0.1, 0.15) is 38.7 Å². The number of alkyl halides is 2. The predicted octanol–water partition coefficient (Wildman–Crippen LogP) is 4.30. The van der Waals surface area contributed by atoms with Crippen LogP contribution in [0, 0.1) is 24.1 Å². The number of pyridine rings is 1. The summed E-state index contributed by atoms with van der Waals surface area (Å²) in [5.41, 5.74) is 5.41. The van der Waals surface area contributed by atoms with E-state index in [1.54, 1.807) is 49.1 Å². The molecular weight excluding hydrogens is 613 g/mol. The van der Waals surface area contributed by atoms with Crippen molar-refractivity contribution in [3.8, 4) is 29.6 Å². The second-order valence-corrected chi connectivity index (χ2v) is 12.7. The summed E-state index contributed by atoms with van der Waals surface area (Å²) in [6.07, 6.45) is 4.82. The third kappa shape index (κ3) is 4.93. The maximum Gasteiger partial charge on any atom is 0.344 e. The van der Waals surface area contributed by atoms with Gasteiger partial charge in [-0.1, -0.05) is 25.0 Å². The molecule has 4 aromatic rings. The third-order valence-electron chi connectivity index (χ3n) is 9.88. The van der Waals surface area contributed by atoms with E-state index < -0.39 is 47.8 Å². The third-order valence-corrected chi connectivity index (χ3v) is 9.88. The Labute approximate surface area is 269 Å². The highest BCUT2D eigenvalue weighted by molar-refractivity contribution is 6.03. The van der Waals surface area contributed by atoms with Gasteiger partial charge in [0.05, 0.1) is 18.6 Å². The van der Waals surface area contributed by atoms with Gasteiger partial charge >= 0.3 is 12.0 Å². The van der Waals surface area contributed by atoms with Crippen LogP contribution in [0.5, 0.6) is 6.01 Å². The van der Waals surface area contributed by atoms with E-state index in [0.29, 0.717) is 40.6 Å². The summed E-state index contributed by atoms with van der Waals surface area (Å²) < 4.78 is 59.0. The standard InChI is InChI=1S/C34H35F3N6O4/c1-4-20-7-5-8-21-13-22(38)14-23(26(20)21)28-27(36)29-24(16-39-28)31(42-11-12-46-17-18(2)30(42)37)41-32(40-29)47-34(44,45)33-9-6-10-43(33)19(3)25(35)15-33/h1,5,7-8,13-14,16,18-19,25,30,44-45H,6,9-12,15,17,38H2,2-3H3/t18?,19?,25?,30?,33-/m0/s1. The van der Waals surface area contributed by atoms with Gasteiger partial charge in [-0.05, 0) is 49.9 Å². The monoisotopic (exact) mass is 648 g/mol. The summed E-state index contributed by atoms with van der Waals surface area (Å²) in [5.74, 6) is -1.90. The molecule has 7 rings (SSSR count). The van der Waals surface area contributed by atoms with Gasteiger partial charge in [0.15, 0.2) is 12.1 Å². The van der Waals surface area contributed by atoms with Crippen LogP contribution in [0.25, 0.3) is 32.9 Å². The number of benzene rings is 2. The van der Waals surface area contributed by atoms with Crippen LogP contribution >= 0.6 is 0 Å². The molecule has 246 valence electrons. The molecule has 3 aliphatic heterocycles. The Kier molecular flexibility index (Phi) is 7.67. The summed E-state index contributed by atoms with van der Waals surface area (Å²) in [5, 5.41) is 24.2. The summed E-state index contributed by atoms with van der Waals surface area (Å²) in [4.78, 5) is 16.1. The number of nitrogens with zero attached hydrogens (tertiary/aromatic N) is 5. The van der Waals surface area contributed by atoms with E-state index in [1.807, 2.05) is 0 Å². The number of hydrogen-bond donors (Lipinski definition) is 3. The van der Waals surface area contributed by atoms with E-state index in [-0.39, 0.29) is 55.0 Å². The number of halogens is 3. The average Bonchev–Trinajstić information content (AvgIpc) is 3.52. The zero-order valence-corrected chi connectivity index (χ0v) is 26.0. The van der Waals surface area contributed by atoms with E-state index in [1.165, 1.54) is 11.1 Å². The normalized spacial score (nSPS) is 26.8. The van der Waals surface area contributed by atoms with Crippen molar-refractivity contribution in [1.82, 2.24) is 19.9 Å². The molecule has 5 heterocycles. The highest BCUT2D eigenvalue weighted by Gasteiger charge is 2.65. The van der Waals surface area contributed by atoms with Gasteiger partial charge in [-0.25, -0.2) is 13.2 Å². The Morgan fingerprint density at radius 2 is 2.00 bits per heavy atom. The summed E-state index contributed by atoms with van der Waals surface area (Å²) in [7, 11) is 0. The van der Waals surface area contributed by atoms with E-state index in [0.717, 1.165) is 0 Å². The number of rotatable bonds is 5. The Morgan fingerprint density at radius 3 is 2.79 bits per heavy atom. The number of terminal acetylenes is 1. The molecule has 0 radical (unpaired) electrons. The fourth-order valence-corrected chi connectivity index (χ4v) is 7.50. The van der Waals surface area contributed by atoms with E-state index in [4.69, 9.17) is 21.6 Å². The van der Waals surface area contributed by atoms with Crippen LogP contribution in [-0.2, 0) is 4.74 Å². The number of aromatic nitrogens is 3. The molecule has 2 aromatic heterocycles. The summed E-state index contributed by atoms with van der Waals surface area (Å²) >= 11 is 0. The van der Waals surface area contributed by atoms with Crippen molar-refractivity contribution in [2.24, 2.45) is 5.92 Å². The fraction of sp³-hybridized carbons (Fsp3) is 0.441. The first kappa shape index (κ1) is 31.4. The van der Waals surface area contributed by atoms with Gasteiger partial charge in [-0.2, -0.15) is 9.97 Å². The molecule has 47 heavy (non-hydrogen) atoms. The molecule has 3 aliphatic rings. The summed E-state index contributed by atoms with van der Waals surface area (Å²) in [6.45, 7) is 4.14. The van der Waals surface area contributed by atoms with Crippen LogP contribution in [0.15, 0.2) is 36.5 Å². The van der Waals surface area contributed by atoms with Crippen molar-refractivity contribution in [2.45, 2.75) is 63.1 Å². The molecule has 0 amide bonds. The molecule has 3 saturated heterocycles. The molecule has 13 heteroatoms. The van der Waals surface area contributed by atoms with Gasteiger partial charge in [0.25, 0.3) is 0 Å². The SMILES string of the molecule is C#Cc1cccc2cc(N)cc(-c3ncc4c(N5CCOCC(C)C5F)nc(OC(O)(O)[C@@]56CCCN5C(C)C(F)C6)nc4c3F)c12. The van der Waals surface area contributed by atoms with Crippen LogP contribution < -0.4 is 15.4 Å². The van der Waals surface area contributed by atoms with Gasteiger partial charge < -0.3 is 30.3 Å². The lowest BCUT2D eigenvalue weighted by Crippen LogP contribution is -2.63. The molecule has 0 bridgehead atoms. The topological polar surface area (TPSA) is 130 Å². The van der Waals surface area contributed by atoms with Crippen LogP contribution in [0.2, 0.25) is 0 Å². The van der Waals surface area contributed by atoms with Gasteiger partial charge in [0.1, 0.15) is 28.7 Å². The second-order valence-electron chi connectivity index (χ2n) is 12.7. The molecule has 0 aliphatic carbocycles. The first-order valence-electron chi connectivity index (χ1n) is 15.6. The molecule has 4 unspecified atom stereocenters. The van der Waals surface area contributed by atoms with Crippen molar-refractivity contribution in [3.63, 3.8) is 0 Å². The number of fused-ring (bicyclic) bond motifs is 3. The maximum absolute atomic E-state index is 16.9. The zero-order chi connectivity index (χ0) is 33.2. The summed E-state index contributed by atoms with van der Waals surface area (Å²) in [6, 6.07) is 7.35. The average molecular weight is 649 g/mol. The number of ether oxygens (including phenoxy) is 2. The minimum Gasteiger partial charge on any atom is -0.404 e. The number of nitrogen functional groups attached to an aromatic ring is 1. The highest BCUT2D eigenvalue weighted by Crippen LogP contribution is 2.49. The van der Waals surface area contributed by atoms with Crippen LogP contribution in [-0.4, -0.2) is 86.4 Å². The second kappa shape index (κ2) is 11.5. The smallest absolute Gasteiger partial charge is 0.344 e. The van der Waals surface area contributed by atoms with E-state index in [2.05, 4.69) is 20.9 Å². The molecule has 4 N–H and O–H groups in total. The van der Waals surface area contributed by atoms with Crippen molar-refractivity contribution < 1.29 is 32.9 Å². The number of anilines is 2. The lowest BCUT2D eigenvalue weighted by molar-refractivity contribution is -0.350. The van der Waals surface area contributed by atoms with E-state index in [9.17, 15) is 14.6 Å². The Hall–Kier alpha value is -4.22. The lowest BCUT2D eigenvalue weighted by Gasteiger charge is -2.41. The minimum atomic E-state index is -2.97. The number of nitrogens with two attached hydrogens (primary N) is 1. The number of aliphatic hydroxyl groups is 2. The number of hydrogen-bond acceptors (Lipinski definition) is 10. The molecule has 5 atom stereocenters. The van der Waals surface area contributed by atoms with Crippen LogP contribution in [0.3, 0.4) is 0 Å². The van der Waals surface area contributed by atoms with Gasteiger partial charge in [-0.3, -0.25) is 9.88 Å². The minimum absolute atomic E-state index is 0.0496. The quantitative estimate of drug-likeness (QED) is 0.125. The Morgan fingerprint density at radius 1 is 1.19 bits per heavy atom. The fourth-order valence-electron chi connectivity index (χ4n) is 7.50. The molecule has 0 spiro atoms. The van der Waals surface area contributed by atoms with E-state index >= 15 is 8.78 Å². The predicted molar refractivity (Wildman–Crippen MR) is 170 cm³/mol. The van der Waals surface area contributed by atoms with Gasteiger partial charge in [0.2, 0.25) is 0 Å². The molecule has 3 fully saturated rings. The largest absolute Gasteiger partial charge is 0.404 e. The Balaban J connectivity index is 1.43. The van der Waals surface area contributed by atoms with Gasteiger partial charge in [-0.15, -0.1) is 6.42 Å². The first-order chi connectivity index (χ1) is 22.5. The molecular formula is C34H35F3N6O4.